The van der Waals surface area contributed by atoms with Gasteiger partial charge in [0.15, 0.2) is 0 Å². The van der Waals surface area contributed by atoms with Gasteiger partial charge >= 0.3 is 0 Å². The lowest BCUT2D eigenvalue weighted by Gasteiger charge is -2.35. The van der Waals surface area contributed by atoms with Gasteiger partial charge < -0.3 is 4.90 Å². The molecule has 4 rings (SSSR count). The van der Waals surface area contributed by atoms with Gasteiger partial charge in [-0.15, -0.1) is 0 Å². The topological polar surface area (TPSA) is 36.4 Å². The Morgan fingerprint density at radius 3 is 2.40 bits per heavy atom. The van der Waals surface area contributed by atoms with Crippen LogP contribution in [0.2, 0.25) is 0 Å². The second-order valence-corrected chi connectivity index (χ2v) is 6.43. The van der Waals surface area contributed by atoms with E-state index in [-0.39, 0.29) is 5.91 Å². The van der Waals surface area contributed by atoms with E-state index in [0.29, 0.717) is 0 Å². The van der Waals surface area contributed by atoms with Gasteiger partial charge in [0.2, 0.25) is 0 Å². The molecule has 1 aliphatic heterocycles. The Hall–Kier alpha value is -2.72. The summed E-state index contributed by atoms with van der Waals surface area (Å²) in [6, 6.07) is 20.2. The Bertz CT molecular complexity index is 865. The number of carbonyl (C=O) groups excluding carboxylic acids is 1. The van der Waals surface area contributed by atoms with E-state index in [4.69, 9.17) is 0 Å². The number of rotatable bonds is 3. The molecular weight excluding hydrogens is 310 g/mol. The molecule has 1 fully saturated rings. The Morgan fingerprint density at radius 2 is 1.60 bits per heavy atom. The molecular formula is C21H21N3O. The molecule has 0 radical (unpaired) electrons. The summed E-state index contributed by atoms with van der Waals surface area (Å²) in [5.74, 6) is 0.109. The van der Waals surface area contributed by atoms with Crippen molar-refractivity contribution in [1.82, 2.24) is 14.8 Å². The van der Waals surface area contributed by atoms with Crippen molar-refractivity contribution >= 4 is 16.8 Å². The Kier molecular flexibility index (Phi) is 4.44. The molecule has 1 aliphatic rings. The minimum Gasteiger partial charge on any atom is -0.336 e. The van der Waals surface area contributed by atoms with Crippen LogP contribution in [0.3, 0.4) is 0 Å². The van der Waals surface area contributed by atoms with Crippen molar-refractivity contribution in [1.29, 1.82) is 0 Å². The summed E-state index contributed by atoms with van der Waals surface area (Å²) in [6.45, 7) is 4.29. The highest BCUT2D eigenvalue weighted by atomic mass is 16.2. The van der Waals surface area contributed by atoms with E-state index in [1.807, 2.05) is 41.3 Å². The van der Waals surface area contributed by atoms with Crippen LogP contribution in [0.5, 0.6) is 0 Å². The Morgan fingerprint density at radius 1 is 0.880 bits per heavy atom. The van der Waals surface area contributed by atoms with E-state index in [0.717, 1.165) is 49.2 Å². The number of nitrogens with zero attached hydrogens (tertiary/aromatic N) is 3. The molecule has 3 aromatic rings. The lowest BCUT2D eigenvalue weighted by Crippen LogP contribution is -2.48. The summed E-state index contributed by atoms with van der Waals surface area (Å²) in [5.41, 5.74) is 2.94. The van der Waals surface area contributed by atoms with Gasteiger partial charge in [-0.1, -0.05) is 48.5 Å². The number of hydrogen-bond donors (Lipinski definition) is 0. The van der Waals surface area contributed by atoms with Crippen LogP contribution in [0.25, 0.3) is 10.9 Å². The molecule has 0 bridgehead atoms. The fourth-order valence-corrected chi connectivity index (χ4v) is 3.40. The molecule has 0 atom stereocenters. The van der Waals surface area contributed by atoms with Crippen molar-refractivity contribution in [2.24, 2.45) is 0 Å². The first-order chi connectivity index (χ1) is 12.3. The van der Waals surface area contributed by atoms with Crippen LogP contribution in [-0.2, 0) is 6.54 Å². The molecule has 0 aliphatic carbocycles. The minimum atomic E-state index is 0.109. The number of benzene rings is 2. The average Bonchev–Trinajstić information content (AvgIpc) is 2.68. The summed E-state index contributed by atoms with van der Waals surface area (Å²) >= 11 is 0. The zero-order valence-electron chi connectivity index (χ0n) is 14.1. The zero-order chi connectivity index (χ0) is 17.1. The molecule has 0 saturated carbocycles. The minimum absolute atomic E-state index is 0.109. The van der Waals surface area contributed by atoms with Crippen LogP contribution in [0.1, 0.15) is 15.9 Å². The van der Waals surface area contributed by atoms with Gasteiger partial charge in [0.05, 0.1) is 11.1 Å². The lowest BCUT2D eigenvalue weighted by atomic mass is 10.1. The van der Waals surface area contributed by atoms with Crippen LogP contribution in [-0.4, -0.2) is 46.9 Å². The van der Waals surface area contributed by atoms with Crippen molar-refractivity contribution < 1.29 is 4.79 Å². The third-order valence-electron chi connectivity index (χ3n) is 4.79. The third kappa shape index (κ3) is 3.39. The fraction of sp³-hybridized carbons (Fsp3) is 0.238. The summed E-state index contributed by atoms with van der Waals surface area (Å²) < 4.78 is 0. The smallest absolute Gasteiger partial charge is 0.254 e. The molecule has 4 nitrogen and oxygen atoms in total. The molecule has 2 aromatic carbocycles. The van der Waals surface area contributed by atoms with Crippen LogP contribution in [0.15, 0.2) is 66.9 Å². The highest BCUT2D eigenvalue weighted by Gasteiger charge is 2.23. The van der Waals surface area contributed by atoms with E-state index in [2.05, 4.69) is 34.1 Å². The van der Waals surface area contributed by atoms with Gasteiger partial charge in [-0.05, 0) is 17.7 Å². The van der Waals surface area contributed by atoms with Gasteiger partial charge in [0.1, 0.15) is 0 Å². The molecule has 126 valence electrons. The maximum Gasteiger partial charge on any atom is 0.254 e. The van der Waals surface area contributed by atoms with E-state index < -0.39 is 0 Å². The number of amides is 1. The predicted molar refractivity (Wildman–Crippen MR) is 99.4 cm³/mol. The van der Waals surface area contributed by atoms with Gasteiger partial charge in [-0.3, -0.25) is 14.7 Å². The van der Waals surface area contributed by atoms with Crippen molar-refractivity contribution in [2.75, 3.05) is 26.2 Å². The van der Waals surface area contributed by atoms with Crippen LogP contribution in [0, 0.1) is 0 Å². The molecule has 1 saturated heterocycles. The second-order valence-electron chi connectivity index (χ2n) is 6.43. The van der Waals surface area contributed by atoms with Crippen molar-refractivity contribution in [2.45, 2.75) is 6.54 Å². The third-order valence-corrected chi connectivity index (χ3v) is 4.79. The van der Waals surface area contributed by atoms with Crippen molar-refractivity contribution in [3.05, 3.63) is 78.0 Å². The van der Waals surface area contributed by atoms with E-state index in [1.54, 1.807) is 6.20 Å². The zero-order valence-corrected chi connectivity index (χ0v) is 14.1. The van der Waals surface area contributed by atoms with Gasteiger partial charge in [0.25, 0.3) is 5.91 Å². The molecule has 1 amide bonds. The number of fused-ring (bicyclic) bond motifs is 1. The number of para-hydroxylation sites is 1. The van der Waals surface area contributed by atoms with Gasteiger partial charge in [0, 0.05) is 44.3 Å². The van der Waals surface area contributed by atoms with Gasteiger partial charge in [-0.2, -0.15) is 0 Å². The Labute approximate surface area is 147 Å². The fourth-order valence-electron chi connectivity index (χ4n) is 3.40. The van der Waals surface area contributed by atoms with Crippen LogP contribution < -0.4 is 0 Å². The second kappa shape index (κ2) is 7.03. The number of pyridine rings is 1. The molecule has 1 aromatic heterocycles. The molecule has 2 heterocycles. The first kappa shape index (κ1) is 15.8. The van der Waals surface area contributed by atoms with Gasteiger partial charge in [-0.25, -0.2) is 0 Å². The van der Waals surface area contributed by atoms with E-state index >= 15 is 0 Å². The SMILES string of the molecule is O=C(c1ccnc2ccccc12)N1CCN(Cc2ccccc2)CC1. The molecule has 0 N–H and O–H groups in total. The molecule has 4 heteroatoms. The average molecular weight is 331 g/mol. The van der Waals surface area contributed by atoms with Crippen LogP contribution >= 0.6 is 0 Å². The highest BCUT2D eigenvalue weighted by Crippen LogP contribution is 2.19. The molecule has 0 unspecified atom stereocenters. The summed E-state index contributed by atoms with van der Waals surface area (Å²) in [7, 11) is 0. The summed E-state index contributed by atoms with van der Waals surface area (Å²) in [4.78, 5) is 21.7. The van der Waals surface area contributed by atoms with Crippen molar-refractivity contribution in [3.8, 4) is 0 Å². The van der Waals surface area contributed by atoms with Crippen molar-refractivity contribution in [3.63, 3.8) is 0 Å². The standard InChI is InChI=1S/C21H21N3O/c25-21(19-10-11-22-20-9-5-4-8-18(19)20)24-14-12-23(13-15-24)16-17-6-2-1-3-7-17/h1-11H,12-16H2. The highest BCUT2D eigenvalue weighted by molar-refractivity contribution is 6.06. The number of carbonyl (C=O) groups is 1. The number of piperazine rings is 1. The molecule has 0 spiro atoms. The predicted octanol–water partition coefficient (Wildman–Crippen LogP) is 3.19. The number of hydrogen-bond acceptors (Lipinski definition) is 3. The van der Waals surface area contributed by atoms with E-state index in [9.17, 15) is 4.79 Å². The summed E-state index contributed by atoms with van der Waals surface area (Å²) in [6.07, 6.45) is 1.72. The monoisotopic (exact) mass is 331 g/mol. The Balaban J connectivity index is 1.44. The normalized spacial score (nSPS) is 15.4. The first-order valence-electron chi connectivity index (χ1n) is 8.70. The summed E-state index contributed by atoms with van der Waals surface area (Å²) in [5, 5.41) is 0.932. The number of aromatic nitrogens is 1. The van der Waals surface area contributed by atoms with E-state index in [1.165, 1.54) is 5.56 Å². The quantitative estimate of drug-likeness (QED) is 0.739. The first-order valence-corrected chi connectivity index (χ1v) is 8.70. The molecule has 25 heavy (non-hydrogen) atoms. The maximum atomic E-state index is 13.0. The largest absolute Gasteiger partial charge is 0.336 e. The van der Waals surface area contributed by atoms with Crippen LogP contribution in [0.4, 0.5) is 0 Å². The lowest BCUT2D eigenvalue weighted by molar-refractivity contribution is 0.0630. The maximum absolute atomic E-state index is 13.0.